The number of fused-ring (bicyclic) bond motifs is 4. The number of aliphatic hydroxyl groups excluding tert-OH is 1. The Balaban J connectivity index is 1.76. The molecule has 4 rings (SSSR count). The maximum absolute atomic E-state index is 11.9. The van der Waals surface area contributed by atoms with E-state index in [9.17, 15) is 15.0 Å². The van der Waals surface area contributed by atoms with E-state index in [0.29, 0.717) is 37.0 Å². The molecule has 0 unspecified atom stereocenters. The van der Waals surface area contributed by atoms with Crippen LogP contribution in [0.2, 0.25) is 0 Å². The minimum Gasteiger partial charge on any atom is -0.388 e. The van der Waals surface area contributed by atoms with E-state index < -0.39 is 11.7 Å². The summed E-state index contributed by atoms with van der Waals surface area (Å²) in [5.41, 5.74) is 1.13. The van der Waals surface area contributed by atoms with Gasteiger partial charge in [0.1, 0.15) is 11.4 Å². The third-order valence-corrected chi connectivity index (χ3v) is 8.11. The van der Waals surface area contributed by atoms with Gasteiger partial charge in [0.15, 0.2) is 0 Å². The van der Waals surface area contributed by atoms with Gasteiger partial charge in [0.2, 0.25) is 0 Å². The SMILES string of the molecule is C#C[C@]1(O)CC[C@H]2[C@@H]3[C@H](C)[C@@H](O)C4=C(CCC(=O)C4)[C@H]3CC[C@@]21C. The van der Waals surface area contributed by atoms with Crippen LogP contribution in [0.3, 0.4) is 0 Å². The summed E-state index contributed by atoms with van der Waals surface area (Å²) in [5, 5.41) is 21.9. The highest BCUT2D eigenvalue weighted by molar-refractivity contribution is 5.83. The summed E-state index contributed by atoms with van der Waals surface area (Å²) in [4.78, 5) is 11.9. The fourth-order valence-corrected chi connectivity index (χ4v) is 6.68. The molecule has 0 saturated heterocycles. The third kappa shape index (κ3) is 1.90. The molecule has 0 amide bonds. The molecule has 0 spiro atoms. The summed E-state index contributed by atoms with van der Waals surface area (Å²) in [6.07, 6.45) is 10.7. The van der Waals surface area contributed by atoms with Gasteiger partial charge in [0.05, 0.1) is 6.10 Å². The van der Waals surface area contributed by atoms with E-state index in [0.717, 1.165) is 31.3 Å². The van der Waals surface area contributed by atoms with Crippen molar-refractivity contribution in [3.05, 3.63) is 11.1 Å². The maximum atomic E-state index is 11.9. The van der Waals surface area contributed by atoms with Crippen molar-refractivity contribution in [3.8, 4) is 12.3 Å². The lowest BCUT2D eigenvalue weighted by atomic mass is 9.50. The zero-order valence-corrected chi connectivity index (χ0v) is 14.7. The summed E-state index contributed by atoms with van der Waals surface area (Å²) < 4.78 is 0. The van der Waals surface area contributed by atoms with Gasteiger partial charge in [-0.25, -0.2) is 0 Å². The molecule has 3 nitrogen and oxygen atoms in total. The van der Waals surface area contributed by atoms with E-state index in [4.69, 9.17) is 6.42 Å². The Bertz CT molecular complexity index is 656. The molecule has 0 bridgehead atoms. The van der Waals surface area contributed by atoms with Gasteiger partial charge in [-0.3, -0.25) is 4.79 Å². The van der Waals surface area contributed by atoms with Crippen molar-refractivity contribution >= 4 is 5.78 Å². The van der Waals surface area contributed by atoms with Gasteiger partial charge >= 0.3 is 0 Å². The monoisotopic (exact) mass is 328 g/mol. The van der Waals surface area contributed by atoms with E-state index >= 15 is 0 Å². The summed E-state index contributed by atoms with van der Waals surface area (Å²) >= 11 is 0. The number of rotatable bonds is 0. The highest BCUT2D eigenvalue weighted by Crippen LogP contribution is 2.65. The van der Waals surface area contributed by atoms with Crippen LogP contribution < -0.4 is 0 Å². The molecule has 0 radical (unpaired) electrons. The van der Waals surface area contributed by atoms with Crippen LogP contribution >= 0.6 is 0 Å². The van der Waals surface area contributed by atoms with Gasteiger partial charge in [-0.2, -0.15) is 0 Å². The number of ketones is 1. The number of allylic oxidation sites excluding steroid dienone is 1. The molecule has 4 aliphatic carbocycles. The molecular formula is C21H28O3. The highest BCUT2D eigenvalue weighted by atomic mass is 16.3. The van der Waals surface area contributed by atoms with Crippen LogP contribution in [0.25, 0.3) is 0 Å². The Hall–Kier alpha value is -1.11. The van der Waals surface area contributed by atoms with Crippen LogP contribution in [0, 0.1) is 41.4 Å². The quantitative estimate of drug-likeness (QED) is 0.531. The van der Waals surface area contributed by atoms with E-state index in [2.05, 4.69) is 19.8 Å². The number of carbonyl (C=O) groups excluding carboxylic acids is 1. The van der Waals surface area contributed by atoms with Gasteiger partial charge in [-0.15, -0.1) is 6.42 Å². The Labute approximate surface area is 144 Å². The van der Waals surface area contributed by atoms with Crippen LogP contribution in [0.15, 0.2) is 11.1 Å². The van der Waals surface area contributed by atoms with Crippen LogP contribution in [0.5, 0.6) is 0 Å². The molecule has 2 fully saturated rings. The van der Waals surface area contributed by atoms with Gasteiger partial charge in [0.25, 0.3) is 0 Å². The van der Waals surface area contributed by atoms with E-state index in [1.807, 2.05) is 0 Å². The predicted molar refractivity (Wildman–Crippen MR) is 91.9 cm³/mol. The molecule has 130 valence electrons. The molecule has 4 aliphatic rings. The second-order valence-electron chi connectivity index (χ2n) is 8.86. The van der Waals surface area contributed by atoms with Crippen molar-refractivity contribution in [2.75, 3.05) is 0 Å². The smallest absolute Gasteiger partial charge is 0.137 e. The fourth-order valence-electron chi connectivity index (χ4n) is 6.68. The zero-order chi connectivity index (χ0) is 17.3. The first-order valence-electron chi connectivity index (χ1n) is 9.44. The lowest BCUT2D eigenvalue weighted by Crippen LogP contribution is -2.54. The Morgan fingerprint density at radius 2 is 1.96 bits per heavy atom. The molecule has 24 heavy (non-hydrogen) atoms. The average molecular weight is 328 g/mol. The predicted octanol–water partition coefficient (Wildman–Crippen LogP) is 2.85. The molecule has 2 N–H and O–H groups in total. The van der Waals surface area contributed by atoms with Crippen molar-refractivity contribution in [1.29, 1.82) is 0 Å². The zero-order valence-electron chi connectivity index (χ0n) is 14.7. The molecule has 2 saturated carbocycles. The molecule has 3 heteroatoms. The van der Waals surface area contributed by atoms with Crippen molar-refractivity contribution in [2.45, 2.75) is 70.5 Å². The van der Waals surface area contributed by atoms with Crippen LogP contribution in [0.1, 0.15) is 58.8 Å². The number of Topliss-reactive ketones (excluding diaryl/α,β-unsaturated/α-hetero) is 1. The van der Waals surface area contributed by atoms with Crippen molar-refractivity contribution in [1.82, 2.24) is 0 Å². The summed E-state index contributed by atoms with van der Waals surface area (Å²) in [6.45, 7) is 4.29. The van der Waals surface area contributed by atoms with Gasteiger partial charge in [0, 0.05) is 18.3 Å². The number of hydrogen-bond acceptors (Lipinski definition) is 3. The van der Waals surface area contributed by atoms with E-state index in [1.165, 1.54) is 5.57 Å². The number of terminal acetylenes is 1. The van der Waals surface area contributed by atoms with Crippen molar-refractivity contribution in [2.24, 2.45) is 29.1 Å². The maximum Gasteiger partial charge on any atom is 0.137 e. The van der Waals surface area contributed by atoms with Crippen molar-refractivity contribution < 1.29 is 15.0 Å². The lowest BCUT2D eigenvalue weighted by Gasteiger charge is -2.56. The van der Waals surface area contributed by atoms with Crippen LogP contribution in [-0.4, -0.2) is 27.7 Å². The first-order valence-corrected chi connectivity index (χ1v) is 9.44. The van der Waals surface area contributed by atoms with E-state index in [-0.39, 0.29) is 17.1 Å². The fraction of sp³-hybridized carbons (Fsp3) is 0.762. The second-order valence-corrected chi connectivity index (χ2v) is 8.86. The summed E-state index contributed by atoms with van der Waals surface area (Å²) in [7, 11) is 0. The molecule has 0 aromatic heterocycles. The molecule has 0 heterocycles. The van der Waals surface area contributed by atoms with E-state index in [1.54, 1.807) is 0 Å². The van der Waals surface area contributed by atoms with Crippen LogP contribution in [-0.2, 0) is 4.79 Å². The Morgan fingerprint density at radius 3 is 2.67 bits per heavy atom. The third-order valence-electron chi connectivity index (χ3n) is 8.11. The minimum atomic E-state index is -1.01. The molecule has 0 aromatic carbocycles. The Kier molecular flexibility index (Phi) is 3.54. The molecule has 0 aliphatic heterocycles. The number of carbonyl (C=O) groups is 1. The standard InChI is InChI=1S/C21H28O3/c1-4-21(24)10-8-17-18-12(2)19(23)16-11-13(22)5-6-14(16)15(18)7-9-20(17,21)3/h1,12,15,17-19,23-24H,5-11H2,2-3H3/t12-,15+,17-,18+,19+,20-,21-/m0/s1. The first kappa shape index (κ1) is 16.4. The second kappa shape index (κ2) is 5.19. The van der Waals surface area contributed by atoms with Crippen molar-refractivity contribution in [3.63, 3.8) is 0 Å². The molecule has 0 aromatic rings. The summed E-state index contributed by atoms with van der Waals surface area (Å²) in [5.74, 6) is 4.28. The van der Waals surface area contributed by atoms with Crippen LogP contribution in [0.4, 0.5) is 0 Å². The summed E-state index contributed by atoms with van der Waals surface area (Å²) in [6, 6.07) is 0. The minimum absolute atomic E-state index is 0.129. The normalized spacial score (nSPS) is 50.8. The lowest BCUT2D eigenvalue weighted by molar-refractivity contribution is -0.120. The average Bonchev–Trinajstić information content (AvgIpc) is 2.84. The Morgan fingerprint density at radius 1 is 1.21 bits per heavy atom. The van der Waals surface area contributed by atoms with Gasteiger partial charge in [-0.1, -0.05) is 25.3 Å². The largest absolute Gasteiger partial charge is 0.388 e. The topological polar surface area (TPSA) is 57.5 Å². The number of aliphatic hydroxyl groups is 2. The van der Waals surface area contributed by atoms with Gasteiger partial charge in [-0.05, 0) is 61.3 Å². The highest BCUT2D eigenvalue weighted by Gasteiger charge is 2.63. The number of hydrogen-bond donors (Lipinski definition) is 2. The van der Waals surface area contributed by atoms with Gasteiger partial charge < -0.3 is 10.2 Å². The molecule has 7 atom stereocenters. The first-order chi connectivity index (χ1) is 11.3. The molecular weight excluding hydrogens is 300 g/mol.